The molecule has 0 heterocycles. The Bertz CT molecular complexity index is 279. The van der Waals surface area contributed by atoms with E-state index in [4.69, 9.17) is 5.73 Å². The number of benzene rings is 1. The van der Waals surface area contributed by atoms with Crippen LogP contribution >= 0.6 is 0 Å². The Morgan fingerprint density at radius 2 is 1.86 bits per heavy atom. The molecule has 0 aliphatic rings. The van der Waals surface area contributed by atoms with Crippen LogP contribution in [0.5, 0.6) is 0 Å². The van der Waals surface area contributed by atoms with E-state index in [-0.39, 0.29) is 0 Å². The second-order valence-electron chi connectivity index (χ2n) is 3.89. The van der Waals surface area contributed by atoms with Gasteiger partial charge in [-0.25, -0.2) is 0 Å². The van der Waals surface area contributed by atoms with Gasteiger partial charge in [-0.15, -0.1) is 0 Å². The van der Waals surface area contributed by atoms with Crippen molar-refractivity contribution in [2.75, 3.05) is 5.73 Å². The van der Waals surface area contributed by atoms with Gasteiger partial charge in [0.05, 0.1) is 0 Å². The highest BCUT2D eigenvalue weighted by atomic mass is 14.6. The predicted molar refractivity (Wildman–Crippen MR) is 63.5 cm³/mol. The van der Waals surface area contributed by atoms with Crippen LogP contribution < -0.4 is 5.73 Å². The molecule has 1 nitrogen and oxygen atoms in total. The van der Waals surface area contributed by atoms with Crippen molar-refractivity contribution in [3.05, 3.63) is 29.3 Å². The van der Waals surface area contributed by atoms with Crippen molar-refractivity contribution in [2.24, 2.45) is 0 Å². The molecule has 0 spiro atoms. The standard InChI is InChI=1S/C13H21N/c1-3-5-7-12-10-11(6-4-2)8-9-13(12)14/h8-10H,3-7,14H2,1-2H3. The molecule has 0 aromatic heterocycles. The molecule has 0 unspecified atom stereocenters. The highest BCUT2D eigenvalue weighted by Gasteiger charge is 2.00. The second-order valence-corrected chi connectivity index (χ2v) is 3.89. The van der Waals surface area contributed by atoms with Crippen LogP contribution in [-0.2, 0) is 12.8 Å². The first-order chi connectivity index (χ1) is 6.77. The summed E-state index contributed by atoms with van der Waals surface area (Å²) in [6.45, 7) is 4.42. The number of hydrogen-bond acceptors (Lipinski definition) is 1. The lowest BCUT2D eigenvalue weighted by Crippen LogP contribution is -1.96. The molecule has 1 aromatic rings. The summed E-state index contributed by atoms with van der Waals surface area (Å²) in [6.07, 6.45) is 5.97. The molecule has 14 heavy (non-hydrogen) atoms. The molecule has 78 valence electrons. The third-order valence-corrected chi connectivity index (χ3v) is 2.55. The minimum Gasteiger partial charge on any atom is -0.399 e. The van der Waals surface area contributed by atoms with Crippen LogP contribution in [0.25, 0.3) is 0 Å². The third kappa shape index (κ3) is 3.06. The van der Waals surface area contributed by atoms with E-state index in [1.165, 1.54) is 36.8 Å². The Balaban J connectivity index is 2.74. The van der Waals surface area contributed by atoms with E-state index in [1.807, 2.05) is 0 Å². The molecule has 0 atom stereocenters. The van der Waals surface area contributed by atoms with Crippen molar-refractivity contribution < 1.29 is 0 Å². The van der Waals surface area contributed by atoms with E-state index in [0.717, 1.165) is 12.1 Å². The van der Waals surface area contributed by atoms with Crippen LogP contribution in [0.1, 0.15) is 44.2 Å². The van der Waals surface area contributed by atoms with E-state index in [0.29, 0.717) is 0 Å². The molecule has 1 heteroatoms. The number of aryl methyl sites for hydroxylation is 2. The maximum Gasteiger partial charge on any atom is 0.0346 e. The van der Waals surface area contributed by atoms with Gasteiger partial charge in [-0.1, -0.05) is 38.8 Å². The monoisotopic (exact) mass is 191 g/mol. The molecule has 1 aromatic carbocycles. The van der Waals surface area contributed by atoms with Crippen LogP contribution in [0.15, 0.2) is 18.2 Å². The van der Waals surface area contributed by atoms with Gasteiger partial charge in [-0.3, -0.25) is 0 Å². The Morgan fingerprint density at radius 3 is 2.50 bits per heavy atom. The normalized spacial score (nSPS) is 10.4. The molecule has 1 rings (SSSR count). The van der Waals surface area contributed by atoms with Gasteiger partial charge >= 0.3 is 0 Å². The van der Waals surface area contributed by atoms with E-state index in [9.17, 15) is 0 Å². The third-order valence-electron chi connectivity index (χ3n) is 2.55. The summed E-state index contributed by atoms with van der Waals surface area (Å²) in [5.41, 5.74) is 9.64. The number of unbranched alkanes of at least 4 members (excludes halogenated alkanes) is 1. The van der Waals surface area contributed by atoms with Crippen LogP contribution in [0.4, 0.5) is 5.69 Å². The molecular formula is C13H21N. The summed E-state index contributed by atoms with van der Waals surface area (Å²) in [5, 5.41) is 0. The van der Waals surface area contributed by atoms with Crippen LogP contribution in [0.3, 0.4) is 0 Å². The van der Waals surface area contributed by atoms with Crippen LogP contribution in [0, 0.1) is 0 Å². The Hall–Kier alpha value is -0.980. The van der Waals surface area contributed by atoms with Crippen molar-refractivity contribution in [1.29, 1.82) is 0 Å². The van der Waals surface area contributed by atoms with Gasteiger partial charge in [0.15, 0.2) is 0 Å². The number of hydrogen-bond donors (Lipinski definition) is 1. The van der Waals surface area contributed by atoms with Gasteiger partial charge in [-0.2, -0.15) is 0 Å². The zero-order chi connectivity index (χ0) is 10.4. The van der Waals surface area contributed by atoms with E-state index < -0.39 is 0 Å². The van der Waals surface area contributed by atoms with E-state index in [1.54, 1.807) is 0 Å². The summed E-state index contributed by atoms with van der Waals surface area (Å²) >= 11 is 0. The van der Waals surface area contributed by atoms with Crippen molar-refractivity contribution >= 4 is 5.69 Å². The summed E-state index contributed by atoms with van der Waals surface area (Å²) in [7, 11) is 0. The highest BCUT2D eigenvalue weighted by molar-refractivity contribution is 5.48. The van der Waals surface area contributed by atoms with Crippen molar-refractivity contribution in [2.45, 2.75) is 46.0 Å². The number of rotatable bonds is 5. The minimum atomic E-state index is 0.957. The maximum atomic E-state index is 5.93. The smallest absolute Gasteiger partial charge is 0.0346 e. The Kier molecular flexibility index (Phi) is 4.51. The molecule has 0 amide bonds. The van der Waals surface area contributed by atoms with Crippen molar-refractivity contribution in [1.82, 2.24) is 0 Å². The summed E-state index contributed by atoms with van der Waals surface area (Å²) < 4.78 is 0. The molecule has 0 bridgehead atoms. The molecule has 0 saturated carbocycles. The zero-order valence-corrected chi connectivity index (χ0v) is 9.34. The summed E-state index contributed by atoms with van der Waals surface area (Å²) in [6, 6.07) is 6.47. The van der Waals surface area contributed by atoms with Gasteiger partial charge in [0, 0.05) is 5.69 Å². The van der Waals surface area contributed by atoms with Gasteiger partial charge in [0.2, 0.25) is 0 Å². The molecule has 0 fully saturated rings. The summed E-state index contributed by atoms with van der Waals surface area (Å²) in [5.74, 6) is 0. The van der Waals surface area contributed by atoms with Gasteiger partial charge in [0.1, 0.15) is 0 Å². The quantitative estimate of drug-likeness (QED) is 0.707. The molecule has 0 aliphatic carbocycles. The fraction of sp³-hybridized carbons (Fsp3) is 0.538. The number of nitrogens with two attached hydrogens (primary N) is 1. The van der Waals surface area contributed by atoms with Crippen LogP contribution in [-0.4, -0.2) is 0 Å². The van der Waals surface area contributed by atoms with Gasteiger partial charge in [-0.05, 0) is 36.5 Å². The first kappa shape index (κ1) is 11.1. The molecule has 2 N–H and O–H groups in total. The van der Waals surface area contributed by atoms with Gasteiger partial charge in [0.25, 0.3) is 0 Å². The molecule has 0 radical (unpaired) electrons. The lowest BCUT2D eigenvalue weighted by molar-refractivity contribution is 0.794. The zero-order valence-electron chi connectivity index (χ0n) is 9.34. The topological polar surface area (TPSA) is 26.0 Å². The average molecular weight is 191 g/mol. The van der Waals surface area contributed by atoms with Gasteiger partial charge < -0.3 is 5.73 Å². The molecular weight excluding hydrogens is 170 g/mol. The average Bonchev–Trinajstić information content (AvgIpc) is 2.19. The fourth-order valence-electron chi connectivity index (χ4n) is 1.69. The molecule has 0 saturated heterocycles. The molecule has 0 aliphatic heterocycles. The van der Waals surface area contributed by atoms with Crippen molar-refractivity contribution in [3.8, 4) is 0 Å². The SMILES string of the molecule is CCCCc1cc(CCC)ccc1N. The Morgan fingerprint density at radius 1 is 1.07 bits per heavy atom. The minimum absolute atomic E-state index is 0.957. The first-order valence-electron chi connectivity index (χ1n) is 5.65. The van der Waals surface area contributed by atoms with E-state index in [2.05, 4.69) is 32.0 Å². The Labute approximate surface area is 87.3 Å². The lowest BCUT2D eigenvalue weighted by Gasteiger charge is -2.07. The second kappa shape index (κ2) is 5.69. The fourth-order valence-corrected chi connectivity index (χ4v) is 1.69. The number of nitrogen functional groups attached to an aromatic ring is 1. The predicted octanol–water partition coefficient (Wildman–Crippen LogP) is 3.56. The lowest BCUT2D eigenvalue weighted by atomic mass is 10.0. The first-order valence-corrected chi connectivity index (χ1v) is 5.65. The van der Waals surface area contributed by atoms with E-state index >= 15 is 0 Å². The van der Waals surface area contributed by atoms with Crippen molar-refractivity contribution in [3.63, 3.8) is 0 Å². The highest BCUT2D eigenvalue weighted by Crippen LogP contribution is 2.17. The number of anilines is 1. The maximum absolute atomic E-state index is 5.93. The summed E-state index contributed by atoms with van der Waals surface area (Å²) in [4.78, 5) is 0. The van der Waals surface area contributed by atoms with Crippen LogP contribution in [0.2, 0.25) is 0 Å². The largest absolute Gasteiger partial charge is 0.399 e.